The van der Waals surface area contributed by atoms with Crippen LogP contribution in [-0.2, 0) is 4.74 Å². The number of hydrogen-bond acceptors (Lipinski definition) is 5. The molecule has 1 saturated heterocycles. The molecular weight excluding hydrogens is 222 g/mol. The molecule has 1 aromatic heterocycles. The van der Waals surface area contributed by atoms with Gasteiger partial charge in [-0.05, 0) is 34.7 Å². The van der Waals surface area contributed by atoms with Gasteiger partial charge in [-0.2, -0.15) is 0 Å². The Bertz CT molecular complexity index is 391. The van der Waals surface area contributed by atoms with Gasteiger partial charge in [0.2, 0.25) is 5.82 Å². The summed E-state index contributed by atoms with van der Waals surface area (Å²) in [5.74, 6) is 0.998. The molecule has 6 heteroatoms. The second-order valence-corrected chi connectivity index (χ2v) is 4.07. The molecule has 6 nitrogen and oxygen atoms in total. The molecule has 1 aromatic rings. The van der Waals surface area contributed by atoms with Gasteiger partial charge in [-0.1, -0.05) is 0 Å². The molecule has 0 aliphatic carbocycles. The highest BCUT2D eigenvalue weighted by molar-refractivity contribution is 5.39. The van der Waals surface area contributed by atoms with Gasteiger partial charge in [-0.25, -0.2) is 0 Å². The molecule has 0 unspecified atom stereocenters. The van der Waals surface area contributed by atoms with Gasteiger partial charge in [0, 0.05) is 31.9 Å². The molecule has 0 saturated carbocycles. The van der Waals surface area contributed by atoms with Crippen LogP contribution in [0.1, 0.15) is 12.8 Å². The van der Waals surface area contributed by atoms with Gasteiger partial charge < -0.3 is 20.2 Å². The van der Waals surface area contributed by atoms with Gasteiger partial charge in [0.25, 0.3) is 0 Å². The summed E-state index contributed by atoms with van der Waals surface area (Å²) in [6.45, 7) is 2.39. The van der Waals surface area contributed by atoms with Gasteiger partial charge in [-0.3, -0.25) is 0 Å². The van der Waals surface area contributed by atoms with E-state index in [1.54, 1.807) is 12.1 Å². The Morgan fingerprint density at radius 1 is 1.47 bits per heavy atom. The summed E-state index contributed by atoms with van der Waals surface area (Å²) in [5, 5.41) is 13.7. The smallest absolute Gasteiger partial charge is 0.365 e. The maximum absolute atomic E-state index is 10.6. The van der Waals surface area contributed by atoms with Crippen molar-refractivity contribution in [2.45, 2.75) is 12.8 Å². The van der Waals surface area contributed by atoms with E-state index in [0.29, 0.717) is 11.7 Å². The summed E-state index contributed by atoms with van der Waals surface area (Å²) in [6, 6.07) is 4.77. The average Bonchev–Trinajstić information content (AvgIpc) is 2.38. The summed E-state index contributed by atoms with van der Waals surface area (Å²) in [7, 11) is 0. The minimum Gasteiger partial charge on any atom is -0.381 e. The van der Waals surface area contributed by atoms with Gasteiger partial charge >= 0.3 is 5.82 Å². The van der Waals surface area contributed by atoms with Crippen molar-refractivity contribution < 1.29 is 9.66 Å². The van der Waals surface area contributed by atoms with Gasteiger partial charge in [0.1, 0.15) is 0 Å². The van der Waals surface area contributed by atoms with Crippen LogP contribution in [0.15, 0.2) is 18.2 Å². The number of ether oxygens (including phenoxy) is 1. The SMILES string of the molecule is O=[N+]([O-])c1cccc(NCC2CCOCC2)n1. The molecule has 1 N–H and O–H groups in total. The first-order valence-electron chi connectivity index (χ1n) is 5.69. The van der Waals surface area contributed by atoms with E-state index < -0.39 is 4.92 Å². The number of nitrogens with zero attached hydrogens (tertiary/aromatic N) is 2. The molecule has 0 spiro atoms. The number of nitrogens with one attached hydrogen (secondary N) is 1. The lowest BCUT2D eigenvalue weighted by molar-refractivity contribution is -0.389. The summed E-state index contributed by atoms with van der Waals surface area (Å²) in [6.07, 6.45) is 2.06. The summed E-state index contributed by atoms with van der Waals surface area (Å²) >= 11 is 0. The molecule has 1 fully saturated rings. The van der Waals surface area contributed by atoms with Crippen LogP contribution in [0.25, 0.3) is 0 Å². The third-order valence-corrected chi connectivity index (χ3v) is 2.83. The molecule has 2 heterocycles. The Labute approximate surface area is 99.2 Å². The minimum absolute atomic E-state index is 0.123. The summed E-state index contributed by atoms with van der Waals surface area (Å²) in [4.78, 5) is 14.0. The summed E-state index contributed by atoms with van der Waals surface area (Å²) < 4.78 is 5.27. The second-order valence-electron chi connectivity index (χ2n) is 4.07. The summed E-state index contributed by atoms with van der Waals surface area (Å²) in [5.41, 5.74) is 0. The fourth-order valence-electron chi connectivity index (χ4n) is 1.82. The van der Waals surface area contributed by atoms with Crippen LogP contribution < -0.4 is 5.32 Å². The molecule has 0 radical (unpaired) electrons. The lowest BCUT2D eigenvalue weighted by Gasteiger charge is -2.21. The lowest BCUT2D eigenvalue weighted by atomic mass is 10.0. The minimum atomic E-state index is -0.486. The van der Waals surface area contributed by atoms with Crippen molar-refractivity contribution in [2.75, 3.05) is 25.1 Å². The number of rotatable bonds is 4. The number of nitro groups is 1. The maximum atomic E-state index is 10.6. The van der Waals surface area contributed by atoms with Crippen molar-refractivity contribution in [3.05, 3.63) is 28.3 Å². The zero-order valence-corrected chi connectivity index (χ0v) is 9.46. The zero-order valence-electron chi connectivity index (χ0n) is 9.46. The third kappa shape index (κ3) is 3.39. The molecule has 2 rings (SSSR count). The molecule has 17 heavy (non-hydrogen) atoms. The van der Waals surface area contributed by atoms with Crippen LogP contribution in [0, 0.1) is 16.0 Å². The average molecular weight is 237 g/mol. The monoisotopic (exact) mass is 237 g/mol. The van der Waals surface area contributed by atoms with Crippen LogP contribution >= 0.6 is 0 Å². The van der Waals surface area contributed by atoms with Gasteiger partial charge in [0.15, 0.2) is 0 Å². The normalized spacial score (nSPS) is 16.7. The highest BCUT2D eigenvalue weighted by Crippen LogP contribution is 2.16. The van der Waals surface area contributed by atoms with E-state index in [1.165, 1.54) is 6.07 Å². The number of pyridine rings is 1. The van der Waals surface area contributed by atoms with Crippen molar-refractivity contribution in [3.63, 3.8) is 0 Å². The standard InChI is InChI=1S/C11H15N3O3/c15-14(16)11-3-1-2-10(13-11)12-8-9-4-6-17-7-5-9/h1-3,9H,4-8H2,(H,12,13). The van der Waals surface area contributed by atoms with Crippen molar-refractivity contribution in [1.29, 1.82) is 0 Å². The topological polar surface area (TPSA) is 77.3 Å². The zero-order chi connectivity index (χ0) is 12.1. The van der Waals surface area contributed by atoms with Gasteiger partial charge in [-0.15, -0.1) is 0 Å². The van der Waals surface area contributed by atoms with E-state index in [4.69, 9.17) is 4.74 Å². The van der Waals surface area contributed by atoms with Crippen LogP contribution in [0.5, 0.6) is 0 Å². The first-order valence-corrected chi connectivity index (χ1v) is 5.69. The molecule has 92 valence electrons. The Morgan fingerprint density at radius 3 is 2.94 bits per heavy atom. The fraction of sp³-hybridized carbons (Fsp3) is 0.545. The third-order valence-electron chi connectivity index (χ3n) is 2.83. The van der Waals surface area contributed by atoms with Crippen molar-refractivity contribution in [1.82, 2.24) is 4.98 Å². The second kappa shape index (κ2) is 5.58. The molecule has 0 bridgehead atoms. The highest BCUT2D eigenvalue weighted by atomic mass is 16.6. The van der Waals surface area contributed by atoms with Crippen LogP contribution in [0.2, 0.25) is 0 Å². The molecule has 0 aromatic carbocycles. The van der Waals surface area contributed by atoms with Crippen LogP contribution in [0.3, 0.4) is 0 Å². The molecular formula is C11H15N3O3. The molecule has 1 aliphatic rings. The van der Waals surface area contributed by atoms with Crippen molar-refractivity contribution in [3.8, 4) is 0 Å². The molecule has 0 amide bonds. The Hall–Kier alpha value is -1.69. The van der Waals surface area contributed by atoms with Crippen molar-refractivity contribution in [2.24, 2.45) is 5.92 Å². The van der Waals surface area contributed by atoms with Crippen LogP contribution in [0.4, 0.5) is 11.6 Å². The van der Waals surface area contributed by atoms with Crippen molar-refractivity contribution >= 4 is 11.6 Å². The Morgan fingerprint density at radius 2 is 2.24 bits per heavy atom. The predicted octanol–water partition coefficient (Wildman–Crippen LogP) is 1.83. The lowest BCUT2D eigenvalue weighted by Crippen LogP contribution is -2.22. The largest absolute Gasteiger partial charge is 0.381 e. The molecule has 0 atom stereocenters. The van der Waals surface area contributed by atoms with Gasteiger partial charge in [0.05, 0.1) is 0 Å². The number of hydrogen-bond donors (Lipinski definition) is 1. The number of anilines is 1. The first-order chi connectivity index (χ1) is 8.25. The number of aromatic nitrogens is 1. The van der Waals surface area contributed by atoms with E-state index in [2.05, 4.69) is 10.3 Å². The predicted molar refractivity (Wildman–Crippen MR) is 62.9 cm³/mol. The fourth-order valence-corrected chi connectivity index (χ4v) is 1.82. The van der Waals surface area contributed by atoms with E-state index in [9.17, 15) is 10.1 Å². The Kier molecular flexibility index (Phi) is 3.87. The first kappa shape index (κ1) is 11.8. The maximum Gasteiger partial charge on any atom is 0.365 e. The van der Waals surface area contributed by atoms with E-state index in [0.717, 1.165) is 32.6 Å². The van der Waals surface area contributed by atoms with Crippen LogP contribution in [-0.4, -0.2) is 29.7 Å². The quantitative estimate of drug-likeness (QED) is 0.638. The Balaban J connectivity index is 1.89. The van der Waals surface area contributed by atoms with E-state index in [1.807, 2.05) is 0 Å². The van der Waals surface area contributed by atoms with E-state index in [-0.39, 0.29) is 5.82 Å². The van der Waals surface area contributed by atoms with E-state index >= 15 is 0 Å². The molecule has 1 aliphatic heterocycles. The highest BCUT2D eigenvalue weighted by Gasteiger charge is 2.15.